The summed E-state index contributed by atoms with van der Waals surface area (Å²) in [5.74, 6) is -1.25. The molecule has 2 heterocycles. The molecule has 2 aliphatic rings. The topological polar surface area (TPSA) is 52.7 Å². The molecule has 1 N–H and O–H groups in total. The third-order valence-electron chi connectivity index (χ3n) is 4.88. The maximum absolute atomic E-state index is 13.9. The van der Waals surface area contributed by atoms with Gasteiger partial charge in [-0.2, -0.15) is 0 Å². The maximum Gasteiger partial charge on any atom is 0.245 e. The number of carbonyl (C=O) groups is 2. The summed E-state index contributed by atoms with van der Waals surface area (Å²) in [4.78, 5) is 27.4. The van der Waals surface area contributed by atoms with Crippen molar-refractivity contribution in [3.63, 3.8) is 0 Å². The molecule has 0 aliphatic carbocycles. The predicted octanol–water partition coefficient (Wildman–Crippen LogP) is 1.45. The van der Waals surface area contributed by atoms with Gasteiger partial charge in [0.2, 0.25) is 11.8 Å². The maximum atomic E-state index is 13.9. The van der Waals surface area contributed by atoms with Gasteiger partial charge < -0.3 is 10.2 Å². The minimum atomic E-state index is -0.586. The first-order valence-corrected chi connectivity index (χ1v) is 8.23. The van der Waals surface area contributed by atoms with Crippen LogP contribution in [0.15, 0.2) is 18.2 Å². The first kappa shape index (κ1) is 16.8. The van der Waals surface area contributed by atoms with Crippen LogP contribution in [0.3, 0.4) is 0 Å². The van der Waals surface area contributed by atoms with Gasteiger partial charge in [0.15, 0.2) is 0 Å². The average molecular weight is 337 g/mol. The van der Waals surface area contributed by atoms with E-state index in [2.05, 4.69) is 10.2 Å². The molecule has 24 heavy (non-hydrogen) atoms. The molecule has 0 saturated carbocycles. The van der Waals surface area contributed by atoms with Crippen molar-refractivity contribution in [2.45, 2.75) is 31.8 Å². The summed E-state index contributed by atoms with van der Waals surface area (Å²) in [5.41, 5.74) is 0.458. The number of hydrogen-bond donors (Lipinski definition) is 1. The number of benzene rings is 1. The van der Waals surface area contributed by atoms with E-state index in [1.807, 2.05) is 6.92 Å². The van der Waals surface area contributed by atoms with E-state index in [4.69, 9.17) is 0 Å². The molecule has 5 nitrogen and oxygen atoms in total. The Labute approximate surface area is 139 Å². The molecule has 0 unspecified atom stereocenters. The lowest BCUT2D eigenvalue weighted by molar-refractivity contribution is -0.136. The Morgan fingerprint density at radius 1 is 1.25 bits per heavy atom. The van der Waals surface area contributed by atoms with Crippen LogP contribution in [0, 0.1) is 11.6 Å². The molecule has 2 saturated heterocycles. The highest BCUT2D eigenvalue weighted by molar-refractivity contribution is 5.90. The lowest BCUT2D eigenvalue weighted by Crippen LogP contribution is -2.53. The van der Waals surface area contributed by atoms with Crippen LogP contribution in [0.2, 0.25) is 0 Å². The third kappa shape index (κ3) is 3.40. The molecule has 0 radical (unpaired) electrons. The smallest absolute Gasteiger partial charge is 0.245 e. The summed E-state index contributed by atoms with van der Waals surface area (Å²) < 4.78 is 27.0. The average Bonchev–Trinajstić information content (AvgIpc) is 3.00. The van der Waals surface area contributed by atoms with Crippen molar-refractivity contribution in [1.82, 2.24) is 15.1 Å². The molecule has 130 valence electrons. The van der Waals surface area contributed by atoms with Gasteiger partial charge in [-0.15, -0.1) is 0 Å². The fourth-order valence-electron chi connectivity index (χ4n) is 3.39. The first-order chi connectivity index (χ1) is 11.5. The van der Waals surface area contributed by atoms with Crippen molar-refractivity contribution < 1.29 is 18.4 Å². The van der Waals surface area contributed by atoms with E-state index in [0.717, 1.165) is 6.07 Å². The molecule has 0 aromatic heterocycles. The molecule has 7 heteroatoms. The van der Waals surface area contributed by atoms with Crippen LogP contribution in [0.5, 0.6) is 0 Å². The lowest BCUT2D eigenvalue weighted by Gasteiger charge is -2.39. The fourth-order valence-corrected chi connectivity index (χ4v) is 3.39. The van der Waals surface area contributed by atoms with Crippen molar-refractivity contribution >= 4 is 11.8 Å². The highest BCUT2D eigenvalue weighted by Gasteiger charge is 2.33. The normalized spacial score (nSPS) is 23.2. The van der Waals surface area contributed by atoms with Gasteiger partial charge in [0.1, 0.15) is 17.7 Å². The number of nitrogens with zero attached hydrogens (tertiary/aromatic N) is 2. The number of amides is 2. The van der Waals surface area contributed by atoms with E-state index >= 15 is 0 Å². The second-order valence-electron chi connectivity index (χ2n) is 6.36. The van der Waals surface area contributed by atoms with Crippen molar-refractivity contribution in [3.05, 3.63) is 35.4 Å². The van der Waals surface area contributed by atoms with Crippen LogP contribution in [0.4, 0.5) is 8.78 Å². The minimum Gasteiger partial charge on any atom is -0.344 e. The highest BCUT2D eigenvalue weighted by atomic mass is 19.1. The van der Waals surface area contributed by atoms with Gasteiger partial charge in [-0.3, -0.25) is 14.5 Å². The zero-order chi connectivity index (χ0) is 17.3. The zero-order valence-corrected chi connectivity index (χ0v) is 13.6. The minimum absolute atomic E-state index is 0.0406. The van der Waals surface area contributed by atoms with E-state index in [1.165, 1.54) is 12.1 Å². The zero-order valence-electron chi connectivity index (χ0n) is 13.6. The van der Waals surface area contributed by atoms with Gasteiger partial charge >= 0.3 is 0 Å². The highest BCUT2D eigenvalue weighted by Crippen LogP contribution is 2.25. The summed E-state index contributed by atoms with van der Waals surface area (Å²) >= 11 is 0. The van der Waals surface area contributed by atoms with Gasteiger partial charge in [-0.05, 0) is 19.4 Å². The summed E-state index contributed by atoms with van der Waals surface area (Å²) in [6, 6.07) is 3.04. The molecule has 1 aromatic carbocycles. The van der Waals surface area contributed by atoms with Crippen LogP contribution in [0.1, 0.15) is 31.4 Å². The van der Waals surface area contributed by atoms with E-state index in [0.29, 0.717) is 44.6 Å². The van der Waals surface area contributed by atoms with Gasteiger partial charge in [-0.1, -0.05) is 6.07 Å². The third-order valence-corrected chi connectivity index (χ3v) is 4.88. The van der Waals surface area contributed by atoms with Gasteiger partial charge in [0, 0.05) is 50.3 Å². The molecular formula is C17H21F2N3O2. The molecule has 0 spiro atoms. The number of rotatable bonds is 3. The second-order valence-corrected chi connectivity index (χ2v) is 6.36. The Morgan fingerprint density at radius 2 is 1.96 bits per heavy atom. The van der Waals surface area contributed by atoms with Crippen molar-refractivity contribution in [1.29, 1.82) is 0 Å². The van der Waals surface area contributed by atoms with Crippen LogP contribution in [0.25, 0.3) is 0 Å². The standard InChI is InChI=1S/C17H21F2N3O2/c1-11(13-3-2-12(18)10-14(13)19)21-6-8-22(9-7-21)17(24)15-4-5-16(23)20-15/h2-3,10-11,15H,4-9H2,1H3,(H,20,23)/t11-,15-/m1/s1. The van der Waals surface area contributed by atoms with E-state index in [9.17, 15) is 18.4 Å². The second kappa shape index (κ2) is 6.84. The monoisotopic (exact) mass is 337 g/mol. The summed E-state index contributed by atoms with van der Waals surface area (Å²) in [6.45, 7) is 4.19. The Morgan fingerprint density at radius 3 is 2.54 bits per heavy atom. The molecule has 3 rings (SSSR count). The summed E-state index contributed by atoms with van der Waals surface area (Å²) in [6.07, 6.45) is 0.951. The molecule has 0 bridgehead atoms. The number of hydrogen-bond acceptors (Lipinski definition) is 3. The van der Waals surface area contributed by atoms with Crippen LogP contribution in [-0.2, 0) is 9.59 Å². The van der Waals surface area contributed by atoms with Gasteiger partial charge in [-0.25, -0.2) is 8.78 Å². The Balaban J connectivity index is 1.58. The van der Waals surface area contributed by atoms with E-state index in [1.54, 1.807) is 4.90 Å². The van der Waals surface area contributed by atoms with Gasteiger partial charge in [0.25, 0.3) is 0 Å². The Hall–Kier alpha value is -2.02. The number of piperazine rings is 1. The molecule has 2 fully saturated rings. The van der Waals surface area contributed by atoms with E-state index in [-0.39, 0.29) is 17.9 Å². The SMILES string of the molecule is C[C@H](c1ccc(F)cc1F)N1CCN(C(=O)[C@H]2CCC(=O)N2)CC1. The predicted molar refractivity (Wildman–Crippen MR) is 84.1 cm³/mol. The summed E-state index contributed by atoms with van der Waals surface area (Å²) in [5, 5.41) is 2.69. The van der Waals surface area contributed by atoms with Crippen LogP contribution in [-0.4, -0.2) is 53.8 Å². The number of nitrogens with one attached hydrogen (secondary N) is 1. The van der Waals surface area contributed by atoms with Gasteiger partial charge in [0.05, 0.1) is 0 Å². The van der Waals surface area contributed by atoms with Crippen LogP contribution >= 0.6 is 0 Å². The molecular weight excluding hydrogens is 316 g/mol. The number of halogens is 2. The molecule has 2 amide bonds. The van der Waals surface area contributed by atoms with Crippen molar-refractivity contribution in [2.75, 3.05) is 26.2 Å². The van der Waals surface area contributed by atoms with E-state index < -0.39 is 17.7 Å². The lowest BCUT2D eigenvalue weighted by atomic mass is 10.0. The Kier molecular flexibility index (Phi) is 4.80. The molecule has 2 atom stereocenters. The Bertz CT molecular complexity index is 645. The largest absolute Gasteiger partial charge is 0.344 e. The summed E-state index contributed by atoms with van der Waals surface area (Å²) in [7, 11) is 0. The quantitative estimate of drug-likeness (QED) is 0.908. The van der Waals surface area contributed by atoms with Crippen LogP contribution < -0.4 is 5.32 Å². The number of carbonyl (C=O) groups excluding carboxylic acids is 2. The molecule has 1 aromatic rings. The van der Waals surface area contributed by atoms with Crippen molar-refractivity contribution in [3.8, 4) is 0 Å². The van der Waals surface area contributed by atoms with Crippen molar-refractivity contribution in [2.24, 2.45) is 0 Å². The fraction of sp³-hybridized carbons (Fsp3) is 0.529. The molecule has 2 aliphatic heterocycles. The first-order valence-electron chi connectivity index (χ1n) is 8.23.